The summed E-state index contributed by atoms with van der Waals surface area (Å²) in [5.41, 5.74) is 2.42. The van der Waals surface area contributed by atoms with Crippen LogP contribution in [0.1, 0.15) is 37.9 Å². The molecular weight excluding hydrogens is 306 g/mol. The lowest BCUT2D eigenvalue weighted by Gasteiger charge is -2.22. The fourth-order valence-corrected chi connectivity index (χ4v) is 2.90. The van der Waals surface area contributed by atoms with Gasteiger partial charge in [-0.2, -0.15) is 16.9 Å². The molecule has 0 atom stereocenters. The second kappa shape index (κ2) is 10.4. The number of nitrogens with zero attached hydrogens (tertiary/aromatic N) is 4. The second-order valence-electron chi connectivity index (χ2n) is 5.82. The smallest absolute Gasteiger partial charge is 0.193 e. The summed E-state index contributed by atoms with van der Waals surface area (Å²) >= 11 is 1.85. The molecule has 5 nitrogen and oxygen atoms in total. The summed E-state index contributed by atoms with van der Waals surface area (Å²) in [5, 5.41) is 7.95. The molecule has 1 N–H and O–H groups in total. The molecule has 1 aromatic rings. The van der Waals surface area contributed by atoms with E-state index >= 15 is 0 Å². The molecule has 0 saturated carbocycles. The van der Waals surface area contributed by atoms with Crippen molar-refractivity contribution in [2.75, 3.05) is 31.6 Å². The van der Waals surface area contributed by atoms with Crippen LogP contribution >= 0.6 is 11.8 Å². The number of nitrogens with one attached hydrogen (secondary N) is 1. The van der Waals surface area contributed by atoms with Crippen LogP contribution in [-0.4, -0.2) is 52.3 Å². The van der Waals surface area contributed by atoms with Gasteiger partial charge >= 0.3 is 0 Å². The molecule has 0 aliphatic heterocycles. The maximum absolute atomic E-state index is 4.71. The zero-order valence-corrected chi connectivity index (χ0v) is 16.0. The van der Waals surface area contributed by atoms with Crippen LogP contribution < -0.4 is 5.32 Å². The SMILES string of the molecule is C=CCSCCN=C(NCC)N(C)Cc1cn(C)nc1C(C)C. The van der Waals surface area contributed by atoms with Crippen molar-refractivity contribution in [1.29, 1.82) is 0 Å². The van der Waals surface area contributed by atoms with Gasteiger partial charge in [-0.05, 0) is 12.8 Å². The number of aryl methyl sites for hydroxylation is 1. The van der Waals surface area contributed by atoms with E-state index in [4.69, 9.17) is 4.99 Å². The first-order valence-electron chi connectivity index (χ1n) is 8.20. The molecule has 0 unspecified atom stereocenters. The van der Waals surface area contributed by atoms with Gasteiger partial charge in [-0.3, -0.25) is 9.67 Å². The molecule has 0 saturated heterocycles. The average molecular weight is 338 g/mol. The monoisotopic (exact) mass is 337 g/mol. The quantitative estimate of drug-likeness (QED) is 0.326. The lowest BCUT2D eigenvalue weighted by atomic mass is 10.1. The minimum absolute atomic E-state index is 0.425. The Bertz CT molecular complexity index is 507. The van der Waals surface area contributed by atoms with E-state index in [9.17, 15) is 0 Å². The number of hydrogen-bond acceptors (Lipinski definition) is 3. The van der Waals surface area contributed by atoms with Crippen LogP contribution in [0.5, 0.6) is 0 Å². The van der Waals surface area contributed by atoms with Crippen molar-refractivity contribution in [1.82, 2.24) is 20.0 Å². The molecule has 0 amide bonds. The maximum atomic E-state index is 4.71. The van der Waals surface area contributed by atoms with Gasteiger partial charge in [0.25, 0.3) is 0 Å². The molecule has 1 rings (SSSR count). The summed E-state index contributed by atoms with van der Waals surface area (Å²) in [6, 6.07) is 0. The van der Waals surface area contributed by atoms with Gasteiger partial charge in [0.2, 0.25) is 0 Å². The minimum Gasteiger partial charge on any atom is -0.357 e. The predicted octanol–water partition coefficient (Wildman–Crippen LogP) is 2.86. The molecule has 0 spiro atoms. The fourth-order valence-electron chi connectivity index (χ4n) is 2.35. The van der Waals surface area contributed by atoms with Crippen LogP contribution in [0, 0.1) is 0 Å². The second-order valence-corrected chi connectivity index (χ2v) is 6.97. The van der Waals surface area contributed by atoms with Crippen LogP contribution in [0.25, 0.3) is 0 Å². The van der Waals surface area contributed by atoms with Gasteiger partial charge in [0.15, 0.2) is 5.96 Å². The number of aliphatic imine (C=N–C) groups is 1. The topological polar surface area (TPSA) is 45.5 Å². The summed E-state index contributed by atoms with van der Waals surface area (Å²) in [4.78, 5) is 6.88. The molecule has 0 bridgehead atoms. The summed E-state index contributed by atoms with van der Waals surface area (Å²) in [5.74, 6) is 3.37. The third-order valence-corrected chi connectivity index (χ3v) is 4.26. The Kier molecular flexibility index (Phi) is 8.84. The van der Waals surface area contributed by atoms with E-state index in [0.717, 1.165) is 42.8 Å². The van der Waals surface area contributed by atoms with Crippen LogP contribution in [0.15, 0.2) is 23.8 Å². The zero-order valence-electron chi connectivity index (χ0n) is 15.2. The van der Waals surface area contributed by atoms with E-state index < -0.39 is 0 Å². The number of rotatable bonds is 9. The number of thioether (sulfide) groups is 1. The summed E-state index contributed by atoms with van der Waals surface area (Å²) < 4.78 is 1.90. The number of guanidine groups is 1. The molecule has 1 aromatic heterocycles. The average Bonchev–Trinajstić information content (AvgIpc) is 2.86. The highest BCUT2D eigenvalue weighted by molar-refractivity contribution is 7.99. The third-order valence-electron chi connectivity index (χ3n) is 3.32. The Balaban J connectivity index is 2.72. The van der Waals surface area contributed by atoms with Crippen molar-refractivity contribution in [2.24, 2.45) is 12.0 Å². The van der Waals surface area contributed by atoms with Gasteiger partial charge in [0.05, 0.1) is 12.2 Å². The number of aromatic nitrogens is 2. The molecular formula is C17H31N5S. The van der Waals surface area contributed by atoms with Gasteiger partial charge in [-0.25, -0.2) is 0 Å². The molecule has 0 aliphatic rings. The van der Waals surface area contributed by atoms with Gasteiger partial charge < -0.3 is 10.2 Å². The van der Waals surface area contributed by atoms with Crippen molar-refractivity contribution in [2.45, 2.75) is 33.2 Å². The predicted molar refractivity (Wildman–Crippen MR) is 102 cm³/mol. The highest BCUT2D eigenvalue weighted by atomic mass is 32.2. The molecule has 130 valence electrons. The van der Waals surface area contributed by atoms with Crippen LogP contribution in [0.4, 0.5) is 0 Å². The molecule has 1 heterocycles. The van der Waals surface area contributed by atoms with Gasteiger partial charge in [-0.1, -0.05) is 19.9 Å². The van der Waals surface area contributed by atoms with Crippen molar-refractivity contribution in [3.05, 3.63) is 30.1 Å². The molecule has 0 radical (unpaired) electrons. The van der Waals surface area contributed by atoms with Crippen molar-refractivity contribution in [3.63, 3.8) is 0 Å². The molecule has 0 fully saturated rings. The molecule has 0 aliphatic carbocycles. The Morgan fingerprint density at radius 1 is 1.57 bits per heavy atom. The first-order chi connectivity index (χ1) is 11.0. The highest BCUT2D eigenvalue weighted by Gasteiger charge is 2.14. The molecule has 0 aromatic carbocycles. The minimum atomic E-state index is 0.425. The largest absolute Gasteiger partial charge is 0.357 e. The summed E-state index contributed by atoms with van der Waals surface area (Å²) in [6.07, 6.45) is 4.04. The van der Waals surface area contributed by atoms with E-state index in [1.165, 1.54) is 5.56 Å². The summed E-state index contributed by atoms with van der Waals surface area (Å²) in [7, 11) is 4.06. The first-order valence-corrected chi connectivity index (χ1v) is 9.35. The van der Waals surface area contributed by atoms with Crippen molar-refractivity contribution < 1.29 is 0 Å². The van der Waals surface area contributed by atoms with Crippen molar-refractivity contribution >= 4 is 17.7 Å². The van der Waals surface area contributed by atoms with Crippen LogP contribution in [-0.2, 0) is 13.6 Å². The normalized spacial score (nSPS) is 11.8. The lowest BCUT2D eigenvalue weighted by molar-refractivity contribution is 0.474. The molecule has 6 heteroatoms. The summed E-state index contributed by atoms with van der Waals surface area (Å²) in [6.45, 7) is 12.7. The van der Waals surface area contributed by atoms with Crippen LogP contribution in [0.3, 0.4) is 0 Å². The maximum Gasteiger partial charge on any atom is 0.193 e. The number of hydrogen-bond donors (Lipinski definition) is 1. The Morgan fingerprint density at radius 3 is 2.91 bits per heavy atom. The first kappa shape index (κ1) is 19.6. The van der Waals surface area contributed by atoms with E-state index in [1.54, 1.807) is 0 Å². The zero-order chi connectivity index (χ0) is 17.2. The van der Waals surface area contributed by atoms with E-state index in [2.05, 4.69) is 55.9 Å². The van der Waals surface area contributed by atoms with Gasteiger partial charge in [0, 0.05) is 50.5 Å². The lowest BCUT2D eigenvalue weighted by Crippen LogP contribution is -2.38. The van der Waals surface area contributed by atoms with E-state index in [-0.39, 0.29) is 0 Å². The Hall–Kier alpha value is -1.43. The third kappa shape index (κ3) is 6.69. The molecule has 23 heavy (non-hydrogen) atoms. The fraction of sp³-hybridized carbons (Fsp3) is 0.647. The van der Waals surface area contributed by atoms with Gasteiger partial charge in [-0.15, -0.1) is 6.58 Å². The van der Waals surface area contributed by atoms with E-state index in [0.29, 0.717) is 5.92 Å². The van der Waals surface area contributed by atoms with E-state index in [1.807, 2.05) is 29.6 Å². The standard InChI is InChI=1S/C17H31N5S/c1-7-10-23-11-9-19-17(18-8-2)21(5)12-15-13-22(6)20-16(15)14(3)4/h7,13-14H,1,8-12H2,2-6H3,(H,18,19). The highest BCUT2D eigenvalue weighted by Crippen LogP contribution is 2.18. The van der Waals surface area contributed by atoms with Crippen LogP contribution in [0.2, 0.25) is 0 Å². The Morgan fingerprint density at radius 2 is 2.30 bits per heavy atom. The van der Waals surface area contributed by atoms with Gasteiger partial charge in [0.1, 0.15) is 0 Å². The Labute approximate surface area is 145 Å². The van der Waals surface area contributed by atoms with Crippen molar-refractivity contribution in [3.8, 4) is 0 Å².